The number of aryl methyl sites for hydroxylation is 1. The average molecular weight is 246 g/mol. The lowest BCUT2D eigenvalue weighted by atomic mass is 10.2. The number of carbonyl (C=O) groups excluding carboxylic acids is 1. The normalized spacial score (nSPS) is 10.3. The highest BCUT2D eigenvalue weighted by Crippen LogP contribution is 2.10. The molecule has 0 saturated carbocycles. The Bertz CT molecular complexity index is 536. The van der Waals surface area contributed by atoms with Crippen molar-refractivity contribution in [2.24, 2.45) is 0 Å². The summed E-state index contributed by atoms with van der Waals surface area (Å²) in [5.41, 5.74) is 7.36. The molecule has 7 heteroatoms. The summed E-state index contributed by atoms with van der Waals surface area (Å²) in [5.74, 6) is 0.491. The van der Waals surface area contributed by atoms with Crippen LogP contribution in [0.3, 0.4) is 0 Å². The maximum Gasteiger partial charge on any atom is 0.254 e. The number of amides is 1. The third-order valence-electron chi connectivity index (χ3n) is 2.43. The first-order chi connectivity index (χ1) is 8.66. The first-order valence-electron chi connectivity index (χ1n) is 5.51. The van der Waals surface area contributed by atoms with Gasteiger partial charge >= 0.3 is 0 Å². The summed E-state index contributed by atoms with van der Waals surface area (Å²) in [5, 5.41) is 9.19. The van der Waals surface area contributed by atoms with E-state index in [1.54, 1.807) is 6.07 Å². The van der Waals surface area contributed by atoms with Crippen molar-refractivity contribution in [3.05, 3.63) is 35.7 Å². The summed E-state index contributed by atoms with van der Waals surface area (Å²) < 4.78 is 0. The third kappa shape index (κ3) is 2.82. The van der Waals surface area contributed by atoms with E-state index in [-0.39, 0.29) is 5.91 Å². The molecule has 0 atom stereocenters. The molecule has 0 spiro atoms. The number of hydrogen-bond acceptors (Lipinski definition) is 5. The molecule has 0 saturated heterocycles. The zero-order chi connectivity index (χ0) is 13.0. The summed E-state index contributed by atoms with van der Waals surface area (Å²) in [6.45, 7) is 2.28. The molecule has 0 fully saturated rings. The van der Waals surface area contributed by atoms with Crippen LogP contribution in [0.1, 0.15) is 21.9 Å². The zero-order valence-corrected chi connectivity index (χ0v) is 9.97. The summed E-state index contributed by atoms with van der Waals surface area (Å²) in [7, 11) is 0. The van der Waals surface area contributed by atoms with Gasteiger partial charge in [-0.15, -0.1) is 0 Å². The van der Waals surface area contributed by atoms with E-state index in [1.165, 1.54) is 12.5 Å². The van der Waals surface area contributed by atoms with Crippen molar-refractivity contribution in [3.8, 4) is 0 Å². The van der Waals surface area contributed by atoms with E-state index in [9.17, 15) is 4.79 Å². The molecule has 0 aliphatic carbocycles. The molecule has 2 aromatic rings. The number of nitrogens with zero attached hydrogens (tertiary/aromatic N) is 3. The maximum atomic E-state index is 11.8. The second-order valence-electron chi connectivity index (χ2n) is 3.85. The predicted molar refractivity (Wildman–Crippen MR) is 65.8 cm³/mol. The molecular weight excluding hydrogens is 232 g/mol. The van der Waals surface area contributed by atoms with Crippen LogP contribution in [0.5, 0.6) is 0 Å². The topological polar surface area (TPSA) is 110 Å². The van der Waals surface area contributed by atoms with Crippen molar-refractivity contribution >= 4 is 11.6 Å². The van der Waals surface area contributed by atoms with E-state index >= 15 is 0 Å². The second-order valence-corrected chi connectivity index (χ2v) is 3.85. The molecule has 0 bridgehead atoms. The molecule has 94 valence electrons. The van der Waals surface area contributed by atoms with Gasteiger partial charge in [0, 0.05) is 30.5 Å². The van der Waals surface area contributed by atoms with Gasteiger partial charge in [-0.1, -0.05) is 0 Å². The van der Waals surface area contributed by atoms with Crippen molar-refractivity contribution in [2.45, 2.75) is 13.3 Å². The van der Waals surface area contributed by atoms with Crippen LogP contribution in [0.15, 0.2) is 18.6 Å². The maximum absolute atomic E-state index is 11.8. The van der Waals surface area contributed by atoms with Gasteiger partial charge in [-0.2, -0.15) is 5.10 Å². The molecule has 2 heterocycles. The van der Waals surface area contributed by atoms with Gasteiger partial charge < -0.3 is 11.1 Å². The fourth-order valence-corrected chi connectivity index (χ4v) is 1.51. The SMILES string of the molecule is Cc1cc(N)c(C(=O)NCCc2ncn[nH]2)cn1. The Balaban J connectivity index is 1.91. The lowest BCUT2D eigenvalue weighted by Crippen LogP contribution is -2.27. The van der Waals surface area contributed by atoms with E-state index < -0.39 is 0 Å². The molecule has 0 aromatic carbocycles. The van der Waals surface area contributed by atoms with Crippen LogP contribution >= 0.6 is 0 Å². The number of hydrogen-bond donors (Lipinski definition) is 3. The second kappa shape index (κ2) is 5.26. The molecule has 4 N–H and O–H groups in total. The van der Waals surface area contributed by atoms with Gasteiger partial charge in [-0.05, 0) is 13.0 Å². The van der Waals surface area contributed by atoms with Crippen molar-refractivity contribution in [2.75, 3.05) is 12.3 Å². The van der Waals surface area contributed by atoms with Crippen LogP contribution < -0.4 is 11.1 Å². The van der Waals surface area contributed by atoms with Crippen LogP contribution in [0.2, 0.25) is 0 Å². The standard InChI is InChI=1S/C11H14N6O/c1-7-4-9(12)8(5-14-7)11(18)13-3-2-10-15-6-16-17-10/h4-6H,2-3H2,1H3,(H2,12,14)(H,13,18)(H,15,16,17). The van der Waals surface area contributed by atoms with Gasteiger partial charge in [-0.3, -0.25) is 14.9 Å². The molecule has 7 nitrogen and oxygen atoms in total. The number of nitrogen functional groups attached to an aromatic ring is 1. The highest BCUT2D eigenvalue weighted by Gasteiger charge is 2.09. The van der Waals surface area contributed by atoms with Crippen LogP contribution in [0, 0.1) is 6.92 Å². The Morgan fingerprint density at radius 3 is 3.00 bits per heavy atom. The molecule has 0 radical (unpaired) electrons. The predicted octanol–water partition coefficient (Wildman–Crippen LogP) is 0.0628. The van der Waals surface area contributed by atoms with Crippen LogP contribution in [-0.2, 0) is 6.42 Å². The Kier molecular flexibility index (Phi) is 3.52. The number of aromatic amines is 1. The third-order valence-corrected chi connectivity index (χ3v) is 2.43. The molecule has 0 aliphatic rings. The molecule has 0 aliphatic heterocycles. The van der Waals surface area contributed by atoms with Gasteiger partial charge in [0.15, 0.2) is 0 Å². The highest BCUT2D eigenvalue weighted by atomic mass is 16.1. The molecule has 18 heavy (non-hydrogen) atoms. The Morgan fingerprint density at radius 2 is 2.33 bits per heavy atom. The van der Waals surface area contributed by atoms with Gasteiger partial charge in [0.2, 0.25) is 0 Å². The number of rotatable bonds is 4. The summed E-state index contributed by atoms with van der Waals surface area (Å²) in [4.78, 5) is 19.8. The highest BCUT2D eigenvalue weighted by molar-refractivity contribution is 5.98. The monoisotopic (exact) mass is 246 g/mol. The quantitative estimate of drug-likeness (QED) is 0.706. The van der Waals surface area contributed by atoms with Crippen LogP contribution in [0.4, 0.5) is 5.69 Å². The van der Waals surface area contributed by atoms with Crippen molar-refractivity contribution in [1.29, 1.82) is 0 Å². The number of pyridine rings is 1. The molecule has 2 rings (SSSR count). The van der Waals surface area contributed by atoms with Crippen molar-refractivity contribution in [3.63, 3.8) is 0 Å². The number of nitrogens with two attached hydrogens (primary N) is 1. The minimum atomic E-state index is -0.237. The first kappa shape index (κ1) is 12.0. The van der Waals surface area contributed by atoms with Crippen molar-refractivity contribution in [1.82, 2.24) is 25.5 Å². The molecule has 0 unspecified atom stereocenters. The van der Waals surface area contributed by atoms with Gasteiger partial charge in [-0.25, -0.2) is 4.98 Å². The number of aromatic nitrogens is 4. The van der Waals surface area contributed by atoms with Crippen LogP contribution in [-0.4, -0.2) is 32.6 Å². The van der Waals surface area contributed by atoms with Gasteiger partial charge in [0.25, 0.3) is 5.91 Å². The number of carbonyl (C=O) groups is 1. The molecular formula is C11H14N6O. The number of H-pyrrole nitrogens is 1. The zero-order valence-electron chi connectivity index (χ0n) is 9.97. The summed E-state index contributed by atoms with van der Waals surface area (Å²) >= 11 is 0. The van der Waals surface area contributed by atoms with E-state index in [2.05, 4.69) is 25.5 Å². The average Bonchev–Trinajstić information content (AvgIpc) is 2.81. The van der Waals surface area contributed by atoms with Crippen molar-refractivity contribution < 1.29 is 4.79 Å². The van der Waals surface area contributed by atoms with Gasteiger partial charge in [0.05, 0.1) is 5.56 Å². The Hall–Kier alpha value is -2.44. The lowest BCUT2D eigenvalue weighted by Gasteiger charge is -2.06. The number of nitrogens with one attached hydrogen (secondary N) is 2. The Morgan fingerprint density at radius 1 is 1.50 bits per heavy atom. The summed E-state index contributed by atoms with van der Waals surface area (Å²) in [6.07, 6.45) is 3.50. The molecule has 1 amide bonds. The van der Waals surface area contributed by atoms with Gasteiger partial charge in [0.1, 0.15) is 12.2 Å². The minimum absolute atomic E-state index is 0.237. The van der Waals surface area contributed by atoms with E-state index in [0.717, 1.165) is 11.5 Å². The minimum Gasteiger partial charge on any atom is -0.398 e. The molecule has 2 aromatic heterocycles. The van der Waals surface area contributed by atoms with E-state index in [1.807, 2.05) is 6.92 Å². The Labute approximate surface area is 104 Å². The van der Waals surface area contributed by atoms with E-state index in [0.29, 0.717) is 24.2 Å². The van der Waals surface area contributed by atoms with E-state index in [4.69, 9.17) is 5.73 Å². The van der Waals surface area contributed by atoms with Crippen LogP contribution in [0.25, 0.3) is 0 Å². The smallest absolute Gasteiger partial charge is 0.254 e. The largest absolute Gasteiger partial charge is 0.398 e. The number of anilines is 1. The summed E-state index contributed by atoms with van der Waals surface area (Å²) in [6, 6.07) is 1.67. The first-order valence-corrected chi connectivity index (χ1v) is 5.51. The lowest BCUT2D eigenvalue weighted by molar-refractivity contribution is 0.0954. The fraction of sp³-hybridized carbons (Fsp3) is 0.273. The fourth-order valence-electron chi connectivity index (χ4n) is 1.51.